The molecule has 0 aliphatic heterocycles. The van der Waals surface area contributed by atoms with Crippen LogP contribution in [-0.2, 0) is 33.4 Å². The molecule has 0 aliphatic carbocycles. The van der Waals surface area contributed by atoms with Gasteiger partial charge in [0.05, 0.1) is 33.4 Å². The van der Waals surface area contributed by atoms with Gasteiger partial charge < -0.3 is 38.5 Å². The van der Waals surface area contributed by atoms with Crippen LogP contribution in [0.4, 0.5) is 4.79 Å². The number of benzene rings is 2. The monoisotopic (exact) mass is 795 g/mol. The van der Waals surface area contributed by atoms with Crippen molar-refractivity contribution in [2.75, 3.05) is 34.0 Å². The van der Waals surface area contributed by atoms with E-state index in [9.17, 15) is 24.0 Å². The molecule has 0 spiro atoms. The van der Waals surface area contributed by atoms with Crippen LogP contribution >= 0.6 is 0 Å². The largest absolute Gasteiger partial charge is 0.493 e. The first-order valence-electron chi connectivity index (χ1n) is 19.0. The van der Waals surface area contributed by atoms with Crippen LogP contribution in [0.2, 0.25) is 0 Å². The van der Waals surface area contributed by atoms with Crippen LogP contribution in [0.1, 0.15) is 106 Å². The molecule has 0 saturated heterocycles. The van der Waals surface area contributed by atoms with Gasteiger partial charge in [-0.25, -0.2) is 4.79 Å². The van der Waals surface area contributed by atoms with Gasteiger partial charge in [0.1, 0.15) is 16.8 Å². The molecule has 0 atom stereocenters. The summed E-state index contributed by atoms with van der Waals surface area (Å²) in [5.74, 6) is -0.885. The molecular weight excluding hydrogens is 734 g/mol. The maximum absolute atomic E-state index is 13.5. The summed E-state index contributed by atoms with van der Waals surface area (Å²) in [6.45, 7) is 16.6. The number of ketones is 2. The highest BCUT2D eigenvalue weighted by molar-refractivity contribution is 6.13. The van der Waals surface area contributed by atoms with E-state index in [-0.39, 0.29) is 51.0 Å². The van der Waals surface area contributed by atoms with E-state index in [2.05, 4.69) is 5.32 Å². The van der Waals surface area contributed by atoms with Crippen LogP contribution < -0.4 is 24.3 Å². The Morgan fingerprint density at radius 1 is 0.596 bits per heavy atom. The number of carbonyl (C=O) groups is 5. The Hall–Kier alpha value is -5.33. The zero-order chi connectivity index (χ0) is 42.8. The van der Waals surface area contributed by atoms with Crippen molar-refractivity contribution in [2.24, 2.45) is 5.92 Å². The van der Waals surface area contributed by atoms with E-state index in [1.165, 1.54) is 26.4 Å². The molecule has 0 radical (unpaired) electrons. The number of carbonyl (C=O) groups excluding carboxylic acids is 5. The van der Waals surface area contributed by atoms with Gasteiger partial charge in [0, 0.05) is 19.4 Å². The summed E-state index contributed by atoms with van der Waals surface area (Å²) in [6.07, 6.45) is 6.45. The number of ether oxygens (including phenoxy) is 7. The Kier molecular flexibility index (Phi) is 18.8. The van der Waals surface area contributed by atoms with Gasteiger partial charge in [-0.2, -0.15) is 0 Å². The van der Waals surface area contributed by atoms with Gasteiger partial charge in [0.25, 0.3) is 0 Å². The van der Waals surface area contributed by atoms with Crippen LogP contribution in [0.25, 0.3) is 12.2 Å². The molecule has 13 nitrogen and oxygen atoms in total. The zero-order valence-corrected chi connectivity index (χ0v) is 35.4. The second kappa shape index (κ2) is 22.4. The molecule has 57 heavy (non-hydrogen) atoms. The van der Waals surface area contributed by atoms with Crippen molar-refractivity contribution < 1.29 is 57.1 Å². The molecule has 1 amide bonds. The van der Waals surface area contributed by atoms with Crippen LogP contribution in [-0.4, -0.2) is 80.4 Å². The average molecular weight is 796 g/mol. The van der Waals surface area contributed by atoms with E-state index < -0.39 is 40.4 Å². The lowest BCUT2D eigenvalue weighted by Gasteiger charge is -2.20. The SMILES string of the molecule is COc1cc(/C=C/C(=O)C(CCNC(=O)OC(C)(C)C)C(=O)/C=C/c2ccc(OCCCC(=O)OC(C)(C)C)c(OC)c2)ccc1OCCCC(=O)OC(C)(C)C. The molecule has 0 bridgehead atoms. The Morgan fingerprint density at radius 3 is 1.37 bits per heavy atom. The maximum atomic E-state index is 13.5. The van der Waals surface area contributed by atoms with Crippen molar-refractivity contribution in [3.8, 4) is 23.0 Å². The van der Waals surface area contributed by atoms with E-state index in [1.54, 1.807) is 69.3 Å². The lowest BCUT2D eigenvalue weighted by atomic mass is 9.93. The van der Waals surface area contributed by atoms with Crippen LogP contribution in [0.3, 0.4) is 0 Å². The molecule has 0 aromatic heterocycles. The fourth-order valence-electron chi connectivity index (χ4n) is 5.04. The van der Waals surface area contributed by atoms with Gasteiger partial charge in [-0.15, -0.1) is 0 Å². The summed E-state index contributed by atoms with van der Waals surface area (Å²) in [7, 11) is 2.98. The lowest BCUT2D eigenvalue weighted by molar-refractivity contribution is -0.156. The molecule has 0 fully saturated rings. The lowest BCUT2D eigenvalue weighted by Crippen LogP contribution is -2.35. The fraction of sp³-hybridized carbons (Fsp3) is 0.523. The topological polar surface area (TPSA) is 162 Å². The zero-order valence-electron chi connectivity index (χ0n) is 35.4. The van der Waals surface area contributed by atoms with Crippen molar-refractivity contribution in [3.05, 3.63) is 59.7 Å². The highest BCUT2D eigenvalue weighted by Gasteiger charge is 2.24. The van der Waals surface area contributed by atoms with Gasteiger partial charge in [-0.05, 0) is 129 Å². The second-order valence-electron chi connectivity index (χ2n) is 16.1. The van der Waals surface area contributed by atoms with Crippen molar-refractivity contribution in [3.63, 3.8) is 0 Å². The Balaban J connectivity index is 2.15. The molecule has 2 rings (SSSR count). The highest BCUT2D eigenvalue weighted by atomic mass is 16.6. The van der Waals surface area contributed by atoms with Gasteiger partial charge in [-0.3, -0.25) is 19.2 Å². The second-order valence-corrected chi connectivity index (χ2v) is 16.1. The third-order valence-electron chi connectivity index (χ3n) is 7.45. The number of alkyl carbamates (subject to hydrolysis) is 1. The molecule has 0 heterocycles. The Labute approximate surface area is 337 Å². The van der Waals surface area contributed by atoms with E-state index in [0.29, 0.717) is 47.0 Å². The molecule has 0 saturated carbocycles. The number of amides is 1. The standard InChI is InChI=1S/C44H61NO12/c1-42(2,3)55-39(48)14-12-26-53-35-22-18-30(28-37(35)51-10)16-20-33(46)32(24-25-45-41(50)57-44(7,8)9)34(47)21-17-31-19-23-36(38(29-31)52-11)54-27-13-15-40(49)56-43(4,5)6/h16-23,28-29,32H,12-15,24-27H2,1-11H3,(H,45,50)/b20-16+,21-17+. The Morgan fingerprint density at radius 2 is 1.00 bits per heavy atom. The van der Waals surface area contributed by atoms with Crippen molar-refractivity contribution in [2.45, 2.75) is 111 Å². The molecule has 13 heteroatoms. The predicted molar refractivity (Wildman–Crippen MR) is 218 cm³/mol. The smallest absolute Gasteiger partial charge is 0.407 e. The van der Waals surface area contributed by atoms with Crippen LogP contribution in [0, 0.1) is 5.92 Å². The van der Waals surface area contributed by atoms with Gasteiger partial charge in [0.2, 0.25) is 0 Å². The maximum Gasteiger partial charge on any atom is 0.407 e. The van der Waals surface area contributed by atoms with E-state index in [4.69, 9.17) is 33.2 Å². The molecule has 314 valence electrons. The minimum Gasteiger partial charge on any atom is -0.493 e. The summed E-state index contributed by atoms with van der Waals surface area (Å²) in [4.78, 5) is 63.4. The summed E-state index contributed by atoms with van der Waals surface area (Å²) >= 11 is 0. The highest BCUT2D eigenvalue weighted by Crippen LogP contribution is 2.30. The van der Waals surface area contributed by atoms with Gasteiger partial charge >= 0.3 is 18.0 Å². The number of rotatable bonds is 21. The fourth-order valence-corrected chi connectivity index (χ4v) is 5.04. The first-order valence-corrected chi connectivity index (χ1v) is 19.0. The molecule has 2 aromatic rings. The molecule has 2 aromatic carbocycles. The summed E-state index contributed by atoms with van der Waals surface area (Å²) in [6, 6.07) is 10.2. The van der Waals surface area contributed by atoms with E-state index in [0.717, 1.165) is 0 Å². The number of nitrogens with one attached hydrogen (secondary N) is 1. The van der Waals surface area contributed by atoms with E-state index >= 15 is 0 Å². The van der Waals surface area contributed by atoms with Crippen molar-refractivity contribution in [1.29, 1.82) is 0 Å². The first kappa shape index (κ1) is 47.8. The third kappa shape index (κ3) is 19.9. The number of esters is 2. The molecule has 0 unspecified atom stereocenters. The van der Waals surface area contributed by atoms with Gasteiger partial charge in [-0.1, -0.05) is 24.3 Å². The summed E-state index contributed by atoms with van der Waals surface area (Å²) < 4.78 is 38.6. The molecular formula is C44H61NO12. The van der Waals surface area contributed by atoms with Gasteiger partial charge in [0.15, 0.2) is 34.6 Å². The normalized spacial score (nSPS) is 12.0. The number of hydrogen-bond donors (Lipinski definition) is 1. The van der Waals surface area contributed by atoms with Crippen LogP contribution in [0.15, 0.2) is 48.6 Å². The molecule has 0 aliphatic rings. The Bertz CT molecular complexity index is 1610. The number of hydrogen-bond acceptors (Lipinski definition) is 12. The molecule has 1 N–H and O–H groups in total. The third-order valence-corrected chi connectivity index (χ3v) is 7.45. The van der Waals surface area contributed by atoms with Crippen molar-refractivity contribution >= 4 is 41.8 Å². The van der Waals surface area contributed by atoms with Crippen molar-refractivity contribution in [1.82, 2.24) is 5.32 Å². The quantitative estimate of drug-likeness (QED) is 0.0426. The van der Waals surface area contributed by atoms with E-state index in [1.807, 2.05) is 41.5 Å². The predicted octanol–water partition coefficient (Wildman–Crippen LogP) is 8.10. The average Bonchev–Trinajstić information content (AvgIpc) is 3.09. The summed E-state index contributed by atoms with van der Waals surface area (Å²) in [5.41, 5.74) is -0.591. The number of methoxy groups -OCH3 is 2. The summed E-state index contributed by atoms with van der Waals surface area (Å²) in [5, 5.41) is 2.62. The minimum atomic E-state index is -1.11. The number of allylic oxidation sites excluding steroid dienone is 2. The van der Waals surface area contributed by atoms with Crippen LogP contribution in [0.5, 0.6) is 23.0 Å². The first-order chi connectivity index (χ1) is 26.6. The minimum absolute atomic E-state index is 0.0142.